The lowest BCUT2D eigenvalue weighted by Crippen LogP contribution is -2.25. The van der Waals surface area contributed by atoms with Crippen LogP contribution >= 0.6 is 11.3 Å². The molecule has 0 saturated carbocycles. The Kier molecular flexibility index (Phi) is 5.13. The van der Waals surface area contributed by atoms with Crippen molar-refractivity contribution >= 4 is 38.4 Å². The van der Waals surface area contributed by atoms with Crippen LogP contribution in [-0.2, 0) is 0 Å². The van der Waals surface area contributed by atoms with Crippen LogP contribution in [-0.4, -0.2) is 21.1 Å². The van der Waals surface area contributed by atoms with Crippen LogP contribution in [0.15, 0.2) is 29.1 Å². The number of pyridine rings is 1. The molecule has 0 aliphatic carbocycles. The topological polar surface area (TPSA) is 59.8 Å². The molecule has 0 aliphatic rings. The molecule has 0 radical (unpaired) electrons. The summed E-state index contributed by atoms with van der Waals surface area (Å²) < 4.78 is 1.69. The monoisotopic (exact) mass is 406 g/mol. The minimum atomic E-state index is -0.0759. The fourth-order valence-corrected chi connectivity index (χ4v) is 4.71. The molecule has 150 valence electrons. The van der Waals surface area contributed by atoms with Gasteiger partial charge in [-0.3, -0.25) is 4.79 Å². The van der Waals surface area contributed by atoms with Gasteiger partial charge in [-0.1, -0.05) is 31.0 Å². The van der Waals surface area contributed by atoms with E-state index in [1.165, 1.54) is 4.88 Å². The van der Waals surface area contributed by atoms with Gasteiger partial charge in [0.05, 0.1) is 22.3 Å². The van der Waals surface area contributed by atoms with Gasteiger partial charge in [-0.2, -0.15) is 0 Å². The second-order valence-electron chi connectivity index (χ2n) is 7.58. The number of aromatic nitrogens is 3. The van der Waals surface area contributed by atoms with Crippen molar-refractivity contribution in [1.29, 1.82) is 0 Å². The van der Waals surface area contributed by atoms with E-state index in [-0.39, 0.29) is 5.56 Å². The number of aryl methyl sites for hydroxylation is 4. The Balaban J connectivity index is 2.09. The van der Waals surface area contributed by atoms with E-state index >= 15 is 0 Å². The summed E-state index contributed by atoms with van der Waals surface area (Å²) >= 11 is 1.66. The lowest BCUT2D eigenvalue weighted by molar-refractivity contribution is 0.816. The van der Waals surface area contributed by atoms with Gasteiger partial charge in [0.25, 0.3) is 5.56 Å². The third-order valence-electron chi connectivity index (χ3n) is 5.42. The minimum absolute atomic E-state index is 0.0759. The van der Waals surface area contributed by atoms with Crippen molar-refractivity contribution in [2.75, 3.05) is 11.9 Å². The molecule has 3 aromatic heterocycles. The van der Waals surface area contributed by atoms with Crippen molar-refractivity contribution in [2.24, 2.45) is 0 Å². The Morgan fingerprint density at radius 2 is 1.76 bits per heavy atom. The van der Waals surface area contributed by atoms with Gasteiger partial charge in [-0.05, 0) is 51.8 Å². The number of nitrogens with zero attached hydrogens (tertiary/aromatic N) is 3. The quantitative estimate of drug-likeness (QED) is 0.448. The highest BCUT2D eigenvalue weighted by atomic mass is 32.1. The van der Waals surface area contributed by atoms with E-state index in [0.717, 1.165) is 57.6 Å². The van der Waals surface area contributed by atoms with Crippen LogP contribution in [0.4, 0.5) is 5.95 Å². The van der Waals surface area contributed by atoms with E-state index in [0.29, 0.717) is 11.3 Å². The van der Waals surface area contributed by atoms with Gasteiger partial charge in [0.2, 0.25) is 5.95 Å². The first-order chi connectivity index (χ1) is 13.9. The number of hydrogen-bond acceptors (Lipinski definition) is 5. The van der Waals surface area contributed by atoms with Crippen molar-refractivity contribution in [3.63, 3.8) is 0 Å². The molecule has 0 fully saturated rings. The van der Waals surface area contributed by atoms with E-state index in [9.17, 15) is 4.79 Å². The summed E-state index contributed by atoms with van der Waals surface area (Å²) in [6, 6.07) is 7.97. The van der Waals surface area contributed by atoms with Gasteiger partial charge >= 0.3 is 0 Å². The summed E-state index contributed by atoms with van der Waals surface area (Å²) in [6.07, 6.45) is 2.09. The number of unbranched alkanes of at least 4 members (excludes halogenated alkanes) is 1. The number of benzene rings is 1. The molecule has 1 N–H and O–H groups in total. The Morgan fingerprint density at radius 3 is 2.45 bits per heavy atom. The summed E-state index contributed by atoms with van der Waals surface area (Å²) in [5.41, 5.74) is 4.52. The largest absolute Gasteiger partial charge is 0.355 e. The number of thiophene rings is 1. The number of anilines is 1. The van der Waals surface area contributed by atoms with Gasteiger partial charge in [-0.15, -0.1) is 11.3 Å². The molecule has 3 heterocycles. The molecule has 0 bridgehead atoms. The summed E-state index contributed by atoms with van der Waals surface area (Å²) in [6.45, 7) is 11.0. The first kappa shape index (κ1) is 19.6. The first-order valence-electron chi connectivity index (χ1n) is 10.1. The summed E-state index contributed by atoms with van der Waals surface area (Å²) in [4.78, 5) is 25.6. The highest BCUT2D eigenvalue weighted by Crippen LogP contribution is 2.34. The van der Waals surface area contributed by atoms with Crippen LogP contribution in [0.25, 0.3) is 26.8 Å². The molecular formula is C23H26N4OS. The zero-order chi connectivity index (χ0) is 20.7. The predicted octanol–water partition coefficient (Wildman–Crippen LogP) is 5.44. The standard InChI is InChI=1S/C23H26N4OS/c1-6-7-12-24-23-26-20-18-14(3)16(5)29-21(18)25-15(4)19(20)22(28)27(23)17-10-8-13(2)9-11-17/h8-11H,6-7,12H2,1-5H3,(H,24,26). The predicted molar refractivity (Wildman–Crippen MR) is 123 cm³/mol. The van der Waals surface area contributed by atoms with E-state index < -0.39 is 0 Å². The minimum Gasteiger partial charge on any atom is -0.355 e. The highest BCUT2D eigenvalue weighted by Gasteiger charge is 2.20. The molecule has 0 aliphatic heterocycles. The smallest absolute Gasteiger partial charge is 0.269 e. The maximum atomic E-state index is 13.7. The van der Waals surface area contributed by atoms with Gasteiger partial charge in [-0.25, -0.2) is 14.5 Å². The van der Waals surface area contributed by atoms with Crippen LogP contribution < -0.4 is 10.9 Å². The van der Waals surface area contributed by atoms with Crippen molar-refractivity contribution in [3.05, 3.63) is 56.3 Å². The van der Waals surface area contributed by atoms with Crippen LogP contribution in [0.1, 0.15) is 41.5 Å². The Labute approximate surface area is 174 Å². The second-order valence-corrected chi connectivity index (χ2v) is 8.78. The molecule has 4 rings (SSSR count). The van der Waals surface area contributed by atoms with Crippen LogP contribution in [0.5, 0.6) is 0 Å². The van der Waals surface area contributed by atoms with Gasteiger partial charge in [0.1, 0.15) is 4.83 Å². The van der Waals surface area contributed by atoms with E-state index in [2.05, 4.69) is 26.1 Å². The normalized spacial score (nSPS) is 11.5. The van der Waals surface area contributed by atoms with E-state index in [1.54, 1.807) is 15.9 Å². The zero-order valence-electron chi connectivity index (χ0n) is 17.6. The third-order valence-corrected chi connectivity index (χ3v) is 6.52. The summed E-state index contributed by atoms with van der Waals surface area (Å²) in [5.74, 6) is 0.593. The molecule has 5 nitrogen and oxygen atoms in total. The highest BCUT2D eigenvalue weighted by molar-refractivity contribution is 7.18. The first-order valence-corrected chi connectivity index (χ1v) is 10.9. The lowest BCUT2D eigenvalue weighted by atomic mass is 10.1. The molecular weight excluding hydrogens is 380 g/mol. The van der Waals surface area contributed by atoms with Crippen molar-refractivity contribution in [3.8, 4) is 5.69 Å². The van der Waals surface area contributed by atoms with Gasteiger partial charge in [0.15, 0.2) is 0 Å². The number of rotatable bonds is 5. The number of nitrogens with one attached hydrogen (secondary N) is 1. The molecule has 4 aromatic rings. The molecule has 0 atom stereocenters. The fourth-order valence-electron chi connectivity index (χ4n) is 3.63. The Morgan fingerprint density at radius 1 is 1.03 bits per heavy atom. The lowest BCUT2D eigenvalue weighted by Gasteiger charge is -2.16. The van der Waals surface area contributed by atoms with Crippen molar-refractivity contribution < 1.29 is 0 Å². The third kappa shape index (κ3) is 3.31. The zero-order valence-corrected chi connectivity index (χ0v) is 18.4. The summed E-state index contributed by atoms with van der Waals surface area (Å²) in [5, 5.41) is 5.00. The maximum Gasteiger partial charge on any atom is 0.269 e. The fraction of sp³-hybridized carbons (Fsp3) is 0.348. The van der Waals surface area contributed by atoms with Crippen molar-refractivity contribution in [1.82, 2.24) is 14.5 Å². The summed E-state index contributed by atoms with van der Waals surface area (Å²) in [7, 11) is 0. The average Bonchev–Trinajstić information content (AvgIpc) is 2.96. The SMILES string of the molecule is CCCCNc1nc2c(c(C)nc3sc(C)c(C)c32)c(=O)n1-c1ccc(C)cc1. The molecule has 0 unspecified atom stereocenters. The van der Waals surface area contributed by atoms with E-state index in [4.69, 9.17) is 9.97 Å². The number of hydrogen-bond donors (Lipinski definition) is 1. The maximum absolute atomic E-state index is 13.7. The molecule has 0 spiro atoms. The van der Waals surface area contributed by atoms with Gasteiger partial charge < -0.3 is 5.32 Å². The van der Waals surface area contributed by atoms with Crippen LogP contribution in [0.2, 0.25) is 0 Å². The van der Waals surface area contributed by atoms with Crippen molar-refractivity contribution in [2.45, 2.75) is 47.5 Å². The molecule has 0 amide bonds. The average molecular weight is 407 g/mol. The number of fused-ring (bicyclic) bond motifs is 3. The van der Waals surface area contributed by atoms with Crippen LogP contribution in [0, 0.1) is 27.7 Å². The Hall–Kier alpha value is -2.73. The van der Waals surface area contributed by atoms with Crippen LogP contribution in [0.3, 0.4) is 0 Å². The molecule has 1 aromatic carbocycles. The molecule has 6 heteroatoms. The molecule has 29 heavy (non-hydrogen) atoms. The second kappa shape index (κ2) is 7.59. The van der Waals surface area contributed by atoms with Gasteiger partial charge in [0, 0.05) is 16.8 Å². The Bertz CT molecular complexity index is 1270. The van der Waals surface area contributed by atoms with E-state index in [1.807, 2.05) is 38.1 Å². The molecule has 0 saturated heterocycles.